The molecule has 7 amide bonds. The van der Waals surface area contributed by atoms with Crippen LogP contribution in [0.4, 0.5) is 0 Å². The number of aliphatic carboxylic acids is 1. The number of carbonyl (C=O) groups excluding carboxylic acids is 7. The summed E-state index contributed by atoms with van der Waals surface area (Å²) in [6.45, 7) is 8.30. The Kier molecular flexibility index (Phi) is 23.0. The van der Waals surface area contributed by atoms with E-state index in [1.54, 1.807) is 39.8 Å². The molecule has 0 radical (unpaired) electrons. The topological polar surface area (TPSA) is 369 Å². The number of aliphatic imine (C=N–C) groups is 1. The number of hydrogen-bond donors (Lipinski definition) is 11. The summed E-state index contributed by atoms with van der Waals surface area (Å²) in [5.74, 6) is -8.13. The van der Waals surface area contributed by atoms with E-state index in [-0.39, 0.29) is 56.2 Å². The number of guanidine groups is 1. The molecule has 0 aliphatic heterocycles. The molecule has 0 fully saturated rings. The van der Waals surface area contributed by atoms with Crippen LogP contribution in [0.15, 0.2) is 29.3 Å². The van der Waals surface area contributed by atoms with Crippen LogP contribution in [0.25, 0.3) is 0 Å². The van der Waals surface area contributed by atoms with Crippen LogP contribution in [-0.2, 0) is 44.8 Å². The number of carboxylic acid groups (broad SMARTS) is 1. The molecule has 0 aliphatic rings. The second kappa shape index (κ2) is 26.7. The number of amides is 7. The average molecular weight is 843 g/mol. The summed E-state index contributed by atoms with van der Waals surface area (Å²) in [5.41, 5.74) is 22.7. The minimum Gasteiger partial charge on any atom is -0.480 e. The Bertz CT molecular complexity index is 1730. The predicted molar refractivity (Wildman–Crippen MR) is 221 cm³/mol. The number of nitriles is 1. The van der Waals surface area contributed by atoms with Crippen LogP contribution in [0.5, 0.6) is 0 Å². The SMILES string of the molecule is CC[C@H](C)[C@H](NC(=O)[C@H](CC(N)=O)NC(=O)[C@H](CCCCN)NC(=O)[C@H](Cc1cccc(C#N)c1)NC(=O)[C@H](CCCN=C(N)N)NC(=O)[C@@H](NC(C)=O)C(C)C)C(=O)O. The molecule has 0 spiro atoms. The summed E-state index contributed by atoms with van der Waals surface area (Å²) < 4.78 is 0. The smallest absolute Gasteiger partial charge is 0.326 e. The molecule has 60 heavy (non-hydrogen) atoms. The molecule has 0 bridgehead atoms. The Morgan fingerprint density at radius 2 is 1.30 bits per heavy atom. The molecule has 0 aromatic heterocycles. The standard InChI is InChI=1S/C39H62N12O9/c1-6-22(4)32(38(59)60)51-36(57)29(19-30(42)53)50-33(54)26(13-7-8-15-40)47-35(56)28(18-24-11-9-12-25(17-24)20-41)49-34(55)27(14-10-16-45-39(43)44)48-37(58)31(21(2)3)46-23(5)52/h9,11-12,17,21-22,26-29,31-32H,6-8,10,13-16,18-19,40H2,1-5H3,(H2,42,53)(H,46,52)(H,47,56)(H,48,58)(H,49,55)(H,50,54)(H,51,57)(H,59,60)(H4,43,44,45)/t22-,26-,27-,28-,29-,31-,32-/m0/s1. The van der Waals surface area contributed by atoms with Crippen LogP contribution >= 0.6 is 0 Å². The first-order valence-electron chi connectivity index (χ1n) is 19.8. The van der Waals surface area contributed by atoms with Crippen LogP contribution in [0.3, 0.4) is 0 Å². The predicted octanol–water partition coefficient (Wildman–Crippen LogP) is -2.13. The van der Waals surface area contributed by atoms with Gasteiger partial charge < -0.3 is 59.9 Å². The average Bonchev–Trinajstić information content (AvgIpc) is 3.18. The van der Waals surface area contributed by atoms with Gasteiger partial charge in [0.2, 0.25) is 41.4 Å². The fourth-order valence-electron chi connectivity index (χ4n) is 5.93. The first-order valence-corrected chi connectivity index (χ1v) is 19.8. The molecule has 21 heteroatoms. The van der Waals surface area contributed by atoms with Crippen LogP contribution < -0.4 is 54.8 Å². The number of carbonyl (C=O) groups is 8. The van der Waals surface area contributed by atoms with Gasteiger partial charge in [-0.1, -0.05) is 46.2 Å². The quantitative estimate of drug-likeness (QED) is 0.0257. The van der Waals surface area contributed by atoms with Gasteiger partial charge in [-0.25, -0.2) is 4.79 Å². The third kappa shape index (κ3) is 19.0. The van der Waals surface area contributed by atoms with Crippen LogP contribution in [-0.4, -0.2) is 108 Å². The largest absolute Gasteiger partial charge is 0.480 e. The number of nitrogens with zero attached hydrogens (tertiary/aromatic N) is 2. The molecular formula is C39H62N12O9. The lowest BCUT2D eigenvalue weighted by Crippen LogP contribution is -2.60. The molecule has 332 valence electrons. The number of primary amides is 1. The van der Waals surface area contributed by atoms with Gasteiger partial charge in [-0.3, -0.25) is 38.6 Å². The second-order valence-corrected chi connectivity index (χ2v) is 14.8. The third-order valence-corrected chi connectivity index (χ3v) is 9.41. The third-order valence-electron chi connectivity index (χ3n) is 9.41. The van der Waals surface area contributed by atoms with Gasteiger partial charge in [0, 0.05) is 19.9 Å². The lowest BCUT2D eigenvalue weighted by molar-refractivity contribution is -0.144. The fourth-order valence-corrected chi connectivity index (χ4v) is 5.93. The molecule has 7 atom stereocenters. The molecule has 0 heterocycles. The van der Waals surface area contributed by atoms with Gasteiger partial charge in [-0.05, 0) is 68.2 Å². The number of nitrogens with two attached hydrogens (primary N) is 4. The first-order chi connectivity index (χ1) is 28.2. The molecule has 15 N–H and O–H groups in total. The van der Waals surface area contributed by atoms with Crippen molar-refractivity contribution in [2.75, 3.05) is 13.1 Å². The van der Waals surface area contributed by atoms with Crippen molar-refractivity contribution in [2.45, 2.75) is 122 Å². The maximum absolute atomic E-state index is 14.2. The van der Waals surface area contributed by atoms with Gasteiger partial charge in [0.05, 0.1) is 18.1 Å². The van der Waals surface area contributed by atoms with E-state index in [9.17, 15) is 48.7 Å². The molecule has 21 nitrogen and oxygen atoms in total. The van der Waals surface area contributed by atoms with Crippen molar-refractivity contribution in [1.29, 1.82) is 5.26 Å². The van der Waals surface area contributed by atoms with Gasteiger partial charge >= 0.3 is 5.97 Å². The van der Waals surface area contributed by atoms with Crippen LogP contribution in [0, 0.1) is 23.2 Å². The zero-order valence-corrected chi connectivity index (χ0v) is 34.9. The molecule has 0 aliphatic carbocycles. The van der Waals surface area contributed by atoms with Crippen molar-refractivity contribution in [2.24, 2.45) is 39.8 Å². The van der Waals surface area contributed by atoms with Crippen molar-refractivity contribution in [3.63, 3.8) is 0 Å². The summed E-state index contributed by atoms with van der Waals surface area (Å²) >= 11 is 0. The summed E-state index contributed by atoms with van der Waals surface area (Å²) in [6, 6.07) is 0.193. The van der Waals surface area contributed by atoms with Crippen LogP contribution in [0.1, 0.15) is 90.7 Å². The van der Waals surface area contributed by atoms with E-state index >= 15 is 0 Å². The Hall–Kier alpha value is -6.30. The zero-order valence-electron chi connectivity index (χ0n) is 34.9. The minimum absolute atomic E-state index is 0.00922. The Balaban J connectivity index is 3.62. The number of rotatable bonds is 27. The normalized spacial score (nSPS) is 14.3. The monoisotopic (exact) mass is 842 g/mol. The van der Waals surface area contributed by atoms with Gasteiger partial charge in [-0.2, -0.15) is 5.26 Å². The lowest BCUT2D eigenvalue weighted by Gasteiger charge is -2.28. The molecule has 1 aromatic rings. The summed E-state index contributed by atoms with van der Waals surface area (Å²) in [5, 5.41) is 34.5. The van der Waals surface area contributed by atoms with E-state index in [0.717, 1.165) is 0 Å². The highest BCUT2D eigenvalue weighted by Gasteiger charge is 2.35. The van der Waals surface area contributed by atoms with Crippen molar-refractivity contribution in [3.8, 4) is 6.07 Å². The van der Waals surface area contributed by atoms with Gasteiger partial charge in [0.1, 0.15) is 36.3 Å². The Labute approximate surface area is 350 Å². The Morgan fingerprint density at radius 1 is 0.750 bits per heavy atom. The van der Waals surface area contributed by atoms with E-state index in [2.05, 4.69) is 36.9 Å². The highest BCUT2D eigenvalue weighted by Crippen LogP contribution is 2.12. The lowest BCUT2D eigenvalue weighted by atomic mass is 9.98. The van der Waals surface area contributed by atoms with E-state index in [1.165, 1.54) is 19.1 Å². The number of nitrogens with one attached hydrogen (secondary N) is 6. The molecule has 0 unspecified atom stereocenters. The number of carboxylic acids is 1. The number of benzene rings is 1. The van der Waals surface area contributed by atoms with Crippen molar-refractivity contribution >= 4 is 53.3 Å². The summed E-state index contributed by atoms with van der Waals surface area (Å²) in [4.78, 5) is 109. The van der Waals surface area contributed by atoms with Crippen molar-refractivity contribution in [3.05, 3.63) is 35.4 Å². The minimum atomic E-state index is -1.62. The number of hydrogen-bond acceptors (Lipinski definition) is 11. The molecular weight excluding hydrogens is 781 g/mol. The van der Waals surface area contributed by atoms with Crippen molar-refractivity contribution in [1.82, 2.24) is 31.9 Å². The highest BCUT2D eigenvalue weighted by atomic mass is 16.4. The van der Waals surface area contributed by atoms with Gasteiger partial charge in [0.15, 0.2) is 5.96 Å². The van der Waals surface area contributed by atoms with Crippen LogP contribution in [0.2, 0.25) is 0 Å². The van der Waals surface area contributed by atoms with E-state index in [0.29, 0.717) is 24.8 Å². The van der Waals surface area contributed by atoms with E-state index < -0.39 is 95.9 Å². The van der Waals surface area contributed by atoms with Gasteiger partial charge in [0.25, 0.3) is 0 Å². The van der Waals surface area contributed by atoms with E-state index in [1.807, 2.05) is 6.07 Å². The second-order valence-electron chi connectivity index (χ2n) is 14.8. The van der Waals surface area contributed by atoms with Gasteiger partial charge in [-0.15, -0.1) is 0 Å². The van der Waals surface area contributed by atoms with Crippen molar-refractivity contribution < 1.29 is 43.5 Å². The molecule has 0 saturated heterocycles. The maximum Gasteiger partial charge on any atom is 0.326 e. The zero-order chi connectivity index (χ0) is 45.5. The van der Waals surface area contributed by atoms with E-state index in [4.69, 9.17) is 22.9 Å². The molecule has 1 aromatic carbocycles. The first kappa shape index (κ1) is 51.7. The molecule has 0 saturated carbocycles. The summed E-state index contributed by atoms with van der Waals surface area (Å²) in [6.07, 6.45) is 0.417. The summed E-state index contributed by atoms with van der Waals surface area (Å²) in [7, 11) is 0. The molecule has 1 rings (SSSR count). The maximum atomic E-state index is 14.2. The Morgan fingerprint density at radius 3 is 1.82 bits per heavy atom. The highest BCUT2D eigenvalue weighted by molar-refractivity contribution is 5.98. The fraction of sp³-hybridized carbons (Fsp3) is 0.590. The number of unbranched alkanes of at least 4 members (excludes halogenated alkanes) is 1.